The Balaban J connectivity index is 1.43. The molecule has 1 saturated heterocycles. The molecule has 1 fully saturated rings. The largest absolute Gasteiger partial charge is 0.343 e. The number of carbonyl (C=O) groups is 1. The van der Waals surface area contributed by atoms with Gasteiger partial charge in [0.05, 0.1) is 10.6 Å². The first kappa shape index (κ1) is 20.7. The van der Waals surface area contributed by atoms with Crippen molar-refractivity contribution in [1.29, 1.82) is 0 Å². The van der Waals surface area contributed by atoms with Crippen LogP contribution in [-0.4, -0.2) is 36.7 Å². The van der Waals surface area contributed by atoms with Gasteiger partial charge in [0, 0.05) is 30.1 Å². The topological polar surface area (TPSA) is 79.4 Å². The number of rotatable bonds is 6. The summed E-state index contributed by atoms with van der Waals surface area (Å²) in [6, 6.07) is 17.7. The van der Waals surface area contributed by atoms with Gasteiger partial charge in [0.25, 0.3) is 0 Å². The second-order valence-electron chi connectivity index (χ2n) is 7.20. The van der Waals surface area contributed by atoms with Crippen molar-refractivity contribution in [3.63, 3.8) is 0 Å². The fourth-order valence-electron chi connectivity index (χ4n) is 3.65. The lowest BCUT2D eigenvalue weighted by molar-refractivity contribution is -0.126. The average Bonchev–Trinajstić information content (AvgIpc) is 3.33. The number of carbonyl (C=O) groups excluding carboxylic acids is 1. The normalized spacial score (nSPS) is 16.8. The summed E-state index contributed by atoms with van der Waals surface area (Å²) in [5, 5.41) is 5.11. The van der Waals surface area contributed by atoms with Crippen LogP contribution in [0.1, 0.15) is 29.5 Å². The van der Waals surface area contributed by atoms with Crippen LogP contribution in [0.2, 0.25) is 0 Å². The number of nitrogens with one attached hydrogen (secondary N) is 1. The number of thiophene rings is 1. The van der Waals surface area contributed by atoms with Crippen LogP contribution in [0.3, 0.4) is 0 Å². The van der Waals surface area contributed by atoms with Crippen LogP contribution in [0.4, 0.5) is 0 Å². The van der Waals surface area contributed by atoms with Crippen molar-refractivity contribution < 1.29 is 13.2 Å². The van der Waals surface area contributed by atoms with Crippen LogP contribution >= 0.6 is 11.3 Å². The maximum Gasteiger partial charge on any atom is 0.243 e. The quantitative estimate of drug-likeness (QED) is 0.635. The lowest BCUT2D eigenvalue weighted by atomic mass is 9.96. The molecule has 3 heterocycles. The fourth-order valence-corrected chi connectivity index (χ4v) is 5.93. The number of nitrogens with zero attached hydrogens (tertiary/aromatic N) is 2. The number of sulfonamides is 1. The first-order valence-electron chi connectivity index (χ1n) is 9.85. The lowest BCUT2D eigenvalue weighted by Crippen LogP contribution is -2.43. The Kier molecular flexibility index (Phi) is 6.26. The van der Waals surface area contributed by atoms with Crippen molar-refractivity contribution in [2.75, 3.05) is 13.1 Å². The van der Waals surface area contributed by atoms with E-state index in [0.29, 0.717) is 30.8 Å². The molecular weight excluding hydrogens is 418 g/mol. The van der Waals surface area contributed by atoms with E-state index >= 15 is 0 Å². The number of aromatic nitrogens is 1. The van der Waals surface area contributed by atoms with Crippen LogP contribution in [0.25, 0.3) is 0 Å². The maximum absolute atomic E-state index is 13.0. The zero-order valence-electron chi connectivity index (χ0n) is 16.3. The van der Waals surface area contributed by atoms with Crippen molar-refractivity contribution in [3.05, 3.63) is 82.8 Å². The van der Waals surface area contributed by atoms with E-state index in [4.69, 9.17) is 0 Å². The first-order valence-corrected chi connectivity index (χ1v) is 12.2. The summed E-state index contributed by atoms with van der Waals surface area (Å²) in [4.78, 5) is 18.7. The third kappa shape index (κ3) is 4.45. The van der Waals surface area contributed by atoms with Gasteiger partial charge < -0.3 is 5.32 Å². The maximum atomic E-state index is 13.0. The Morgan fingerprint density at radius 3 is 2.40 bits per heavy atom. The fraction of sp³-hybridized carbons (Fsp3) is 0.273. The smallest absolute Gasteiger partial charge is 0.243 e. The van der Waals surface area contributed by atoms with E-state index in [9.17, 15) is 13.2 Å². The molecule has 1 amide bonds. The van der Waals surface area contributed by atoms with Gasteiger partial charge in [0.1, 0.15) is 6.04 Å². The molecule has 1 N–H and O–H groups in total. The molecule has 0 aliphatic carbocycles. The van der Waals surface area contributed by atoms with E-state index in [1.165, 1.54) is 4.31 Å². The molecule has 1 aliphatic rings. The van der Waals surface area contributed by atoms with Crippen LogP contribution in [0.15, 0.2) is 77.1 Å². The minimum absolute atomic E-state index is 0.0594. The van der Waals surface area contributed by atoms with Gasteiger partial charge >= 0.3 is 0 Å². The predicted molar refractivity (Wildman–Crippen MR) is 116 cm³/mol. The zero-order chi connectivity index (χ0) is 21.0. The first-order chi connectivity index (χ1) is 14.6. The van der Waals surface area contributed by atoms with Crippen molar-refractivity contribution in [1.82, 2.24) is 14.6 Å². The second kappa shape index (κ2) is 9.07. The molecule has 1 atom stereocenters. The molecule has 0 saturated carbocycles. The number of benzene rings is 1. The zero-order valence-corrected chi connectivity index (χ0v) is 18.0. The van der Waals surface area contributed by atoms with Crippen LogP contribution < -0.4 is 5.32 Å². The van der Waals surface area contributed by atoms with E-state index in [0.717, 1.165) is 10.6 Å². The third-order valence-electron chi connectivity index (χ3n) is 5.30. The van der Waals surface area contributed by atoms with Gasteiger partial charge in [-0.2, -0.15) is 4.31 Å². The number of pyridine rings is 1. The summed E-state index contributed by atoms with van der Waals surface area (Å²) in [5.74, 6) is -0.283. The second-order valence-corrected chi connectivity index (χ2v) is 10.1. The van der Waals surface area contributed by atoms with Crippen molar-refractivity contribution in [2.45, 2.75) is 23.8 Å². The lowest BCUT2D eigenvalue weighted by Gasteiger charge is -2.31. The van der Waals surface area contributed by atoms with Crippen molar-refractivity contribution >= 4 is 27.3 Å². The summed E-state index contributed by atoms with van der Waals surface area (Å²) in [7, 11) is -3.52. The van der Waals surface area contributed by atoms with Gasteiger partial charge in [-0.3, -0.25) is 9.78 Å². The van der Waals surface area contributed by atoms with Crippen LogP contribution in [0.5, 0.6) is 0 Å². The Bertz CT molecular complexity index is 1060. The molecule has 2 aromatic heterocycles. The predicted octanol–water partition coefficient (Wildman–Crippen LogP) is 3.45. The standard InChI is InChI=1S/C22H23N3O3S2/c26-22(24-21(20-10-6-16-29-20)19-9-4-5-13-23-19)17-11-14-25(15-12-17)30(27,28)18-7-2-1-3-8-18/h1-10,13,16-17,21H,11-12,14-15H2,(H,24,26). The molecule has 0 spiro atoms. The summed E-state index contributed by atoms with van der Waals surface area (Å²) in [6.07, 6.45) is 2.71. The molecule has 3 aromatic rings. The molecular formula is C22H23N3O3S2. The number of piperidine rings is 1. The molecule has 8 heteroatoms. The summed E-state index contributed by atoms with van der Waals surface area (Å²) < 4.78 is 27.1. The van der Waals surface area contributed by atoms with Gasteiger partial charge in [0.2, 0.25) is 15.9 Å². The third-order valence-corrected chi connectivity index (χ3v) is 8.15. The van der Waals surface area contributed by atoms with Gasteiger partial charge in [-0.1, -0.05) is 30.3 Å². The molecule has 30 heavy (non-hydrogen) atoms. The molecule has 1 aromatic carbocycles. The molecule has 4 rings (SSSR count). The van der Waals surface area contributed by atoms with Crippen molar-refractivity contribution in [3.8, 4) is 0 Å². The van der Waals surface area contributed by atoms with E-state index in [-0.39, 0.29) is 17.9 Å². The van der Waals surface area contributed by atoms with Gasteiger partial charge in [-0.25, -0.2) is 8.42 Å². The molecule has 156 valence electrons. The highest BCUT2D eigenvalue weighted by Crippen LogP contribution is 2.28. The van der Waals surface area contributed by atoms with Gasteiger partial charge in [0.15, 0.2) is 0 Å². The van der Waals surface area contributed by atoms with Gasteiger partial charge in [-0.05, 0) is 48.6 Å². The molecule has 6 nitrogen and oxygen atoms in total. The summed E-state index contributed by atoms with van der Waals surface area (Å²) >= 11 is 1.57. The highest BCUT2D eigenvalue weighted by Gasteiger charge is 2.33. The molecule has 1 unspecified atom stereocenters. The number of hydrogen-bond acceptors (Lipinski definition) is 5. The van der Waals surface area contributed by atoms with Crippen molar-refractivity contribution in [2.24, 2.45) is 5.92 Å². The molecule has 0 radical (unpaired) electrons. The number of amides is 1. The summed E-state index contributed by atoms with van der Waals surface area (Å²) in [5.41, 5.74) is 0.789. The van der Waals surface area contributed by atoms with Crippen LogP contribution in [0, 0.1) is 5.92 Å². The van der Waals surface area contributed by atoms with E-state index in [1.54, 1.807) is 47.9 Å². The Morgan fingerprint density at radius 2 is 1.77 bits per heavy atom. The average molecular weight is 442 g/mol. The van der Waals surface area contributed by atoms with Gasteiger partial charge in [-0.15, -0.1) is 11.3 Å². The van der Waals surface area contributed by atoms with E-state index in [2.05, 4.69) is 10.3 Å². The minimum Gasteiger partial charge on any atom is -0.343 e. The minimum atomic E-state index is -3.52. The molecule has 0 bridgehead atoms. The Labute approximate surface area is 180 Å². The summed E-state index contributed by atoms with van der Waals surface area (Å²) in [6.45, 7) is 0.672. The number of hydrogen-bond donors (Lipinski definition) is 1. The highest BCUT2D eigenvalue weighted by molar-refractivity contribution is 7.89. The SMILES string of the molecule is O=C(NC(c1ccccn1)c1cccs1)C1CCN(S(=O)(=O)c2ccccc2)CC1. The monoisotopic (exact) mass is 441 g/mol. The molecule has 1 aliphatic heterocycles. The van der Waals surface area contributed by atoms with E-state index < -0.39 is 10.0 Å². The Hall–Kier alpha value is -2.55. The van der Waals surface area contributed by atoms with E-state index in [1.807, 2.05) is 35.7 Å². The highest BCUT2D eigenvalue weighted by atomic mass is 32.2. The Morgan fingerprint density at radius 1 is 1.03 bits per heavy atom. The van der Waals surface area contributed by atoms with Crippen LogP contribution in [-0.2, 0) is 14.8 Å².